The lowest BCUT2D eigenvalue weighted by molar-refractivity contribution is -0.116. The molecule has 0 fully saturated rings. The number of ketones is 1. The summed E-state index contributed by atoms with van der Waals surface area (Å²) in [6, 6.07) is 3.36. The lowest BCUT2D eigenvalue weighted by atomic mass is 10.3. The van der Waals surface area contributed by atoms with Crippen LogP contribution in [0.3, 0.4) is 0 Å². The third kappa shape index (κ3) is 2.13. The molecule has 0 spiro atoms. The number of carbonyl (C=O) groups is 1. The Balaban J connectivity index is 2.55. The fourth-order valence-corrected chi connectivity index (χ4v) is 1.95. The van der Waals surface area contributed by atoms with Gasteiger partial charge in [0.05, 0.1) is 17.0 Å². The third-order valence-electron chi connectivity index (χ3n) is 1.97. The zero-order valence-corrected chi connectivity index (χ0v) is 9.49. The van der Waals surface area contributed by atoms with E-state index in [0.717, 1.165) is 5.52 Å². The Kier molecular flexibility index (Phi) is 2.67. The average molecular weight is 243 g/mol. The van der Waals surface area contributed by atoms with Crippen LogP contribution >= 0.6 is 23.2 Å². The first-order valence-electron chi connectivity index (χ1n) is 4.39. The second-order valence-corrected chi connectivity index (χ2v) is 4.19. The van der Waals surface area contributed by atoms with Crippen molar-refractivity contribution in [2.75, 3.05) is 0 Å². The van der Waals surface area contributed by atoms with Crippen molar-refractivity contribution in [1.82, 2.24) is 9.97 Å². The van der Waals surface area contributed by atoms with Crippen LogP contribution in [0.15, 0.2) is 12.1 Å². The molecule has 0 aliphatic heterocycles. The van der Waals surface area contributed by atoms with Gasteiger partial charge in [0.25, 0.3) is 0 Å². The predicted molar refractivity (Wildman–Crippen MR) is 60.5 cm³/mol. The zero-order chi connectivity index (χ0) is 11.0. The van der Waals surface area contributed by atoms with Crippen molar-refractivity contribution in [3.63, 3.8) is 0 Å². The number of aromatic nitrogens is 2. The average Bonchev–Trinajstić information content (AvgIpc) is 2.45. The van der Waals surface area contributed by atoms with Crippen LogP contribution in [-0.2, 0) is 11.2 Å². The molecule has 0 amide bonds. The number of nitrogens with zero attached hydrogens (tertiary/aromatic N) is 1. The molecular weight excluding hydrogens is 235 g/mol. The number of halogens is 2. The summed E-state index contributed by atoms with van der Waals surface area (Å²) >= 11 is 11.8. The number of H-pyrrole nitrogens is 1. The van der Waals surface area contributed by atoms with Crippen LogP contribution < -0.4 is 0 Å². The van der Waals surface area contributed by atoms with Crippen LogP contribution in [0.5, 0.6) is 0 Å². The normalized spacial score (nSPS) is 10.9. The molecule has 78 valence electrons. The van der Waals surface area contributed by atoms with Gasteiger partial charge in [0, 0.05) is 5.02 Å². The van der Waals surface area contributed by atoms with Crippen molar-refractivity contribution < 1.29 is 4.79 Å². The zero-order valence-electron chi connectivity index (χ0n) is 7.97. The molecule has 2 rings (SSSR count). The maximum atomic E-state index is 10.9. The molecule has 0 radical (unpaired) electrons. The van der Waals surface area contributed by atoms with Crippen molar-refractivity contribution in [3.05, 3.63) is 28.0 Å². The summed E-state index contributed by atoms with van der Waals surface area (Å²) < 4.78 is 0. The number of benzene rings is 1. The van der Waals surface area contributed by atoms with E-state index in [9.17, 15) is 4.79 Å². The van der Waals surface area contributed by atoms with Crippen LogP contribution in [0, 0.1) is 0 Å². The van der Waals surface area contributed by atoms with Gasteiger partial charge in [0.2, 0.25) is 0 Å². The third-order valence-corrected chi connectivity index (χ3v) is 2.48. The Morgan fingerprint density at radius 2 is 2.20 bits per heavy atom. The predicted octanol–water partition coefficient (Wildman–Crippen LogP) is 3.00. The Hall–Kier alpha value is -1.06. The van der Waals surface area contributed by atoms with E-state index >= 15 is 0 Å². The standard InChI is InChI=1S/C10H8Cl2N2O/c1-5(15)2-9-13-8-4-6(11)3-7(12)10(8)14-9/h3-4H,2H2,1H3,(H,13,14). The van der Waals surface area contributed by atoms with E-state index in [1.165, 1.54) is 6.92 Å². The maximum Gasteiger partial charge on any atom is 0.137 e. The van der Waals surface area contributed by atoms with E-state index in [-0.39, 0.29) is 12.2 Å². The minimum absolute atomic E-state index is 0.0521. The number of rotatable bonds is 2. The summed E-state index contributed by atoms with van der Waals surface area (Å²) in [6.07, 6.45) is 0.280. The molecule has 0 aliphatic rings. The fourth-order valence-electron chi connectivity index (χ4n) is 1.41. The Bertz CT molecular complexity index is 533. The van der Waals surface area contributed by atoms with Gasteiger partial charge in [-0.3, -0.25) is 4.79 Å². The highest BCUT2D eigenvalue weighted by atomic mass is 35.5. The summed E-state index contributed by atoms with van der Waals surface area (Å²) in [5, 5.41) is 1.04. The maximum absolute atomic E-state index is 10.9. The molecule has 1 N–H and O–H groups in total. The van der Waals surface area contributed by atoms with Crippen molar-refractivity contribution in [2.24, 2.45) is 0 Å². The first-order valence-corrected chi connectivity index (χ1v) is 5.15. The van der Waals surface area contributed by atoms with Gasteiger partial charge in [-0.1, -0.05) is 23.2 Å². The topological polar surface area (TPSA) is 45.8 Å². The number of fused-ring (bicyclic) bond motifs is 1. The van der Waals surface area contributed by atoms with Crippen LogP contribution in [0.4, 0.5) is 0 Å². The molecular formula is C10H8Cl2N2O. The molecule has 2 aromatic rings. The van der Waals surface area contributed by atoms with E-state index < -0.39 is 0 Å². The SMILES string of the molecule is CC(=O)Cc1nc2c(Cl)cc(Cl)cc2[nH]1. The summed E-state index contributed by atoms with van der Waals surface area (Å²) in [5.41, 5.74) is 1.40. The summed E-state index contributed by atoms with van der Waals surface area (Å²) in [7, 11) is 0. The second kappa shape index (κ2) is 3.83. The van der Waals surface area contributed by atoms with Gasteiger partial charge in [-0.15, -0.1) is 0 Å². The monoisotopic (exact) mass is 242 g/mol. The number of hydrogen-bond acceptors (Lipinski definition) is 2. The molecule has 0 atom stereocenters. The van der Waals surface area contributed by atoms with Crippen molar-refractivity contribution in [2.45, 2.75) is 13.3 Å². The number of aromatic amines is 1. The summed E-state index contributed by atoms with van der Waals surface area (Å²) in [6.45, 7) is 1.52. The number of nitrogens with one attached hydrogen (secondary N) is 1. The van der Waals surface area contributed by atoms with Crippen LogP contribution in [0.2, 0.25) is 10.0 Å². The van der Waals surface area contributed by atoms with Crippen molar-refractivity contribution >= 4 is 40.0 Å². The van der Waals surface area contributed by atoms with E-state index in [4.69, 9.17) is 23.2 Å². The van der Waals surface area contributed by atoms with Gasteiger partial charge in [0.1, 0.15) is 17.1 Å². The highest BCUT2D eigenvalue weighted by Gasteiger charge is 2.08. The van der Waals surface area contributed by atoms with Crippen LogP contribution in [0.25, 0.3) is 11.0 Å². The van der Waals surface area contributed by atoms with E-state index in [1.807, 2.05) is 0 Å². The van der Waals surface area contributed by atoms with Gasteiger partial charge in [-0.25, -0.2) is 4.98 Å². The molecule has 15 heavy (non-hydrogen) atoms. The smallest absolute Gasteiger partial charge is 0.137 e. The van der Waals surface area contributed by atoms with Crippen molar-refractivity contribution in [3.8, 4) is 0 Å². The number of carbonyl (C=O) groups excluding carboxylic acids is 1. The molecule has 1 aromatic heterocycles. The molecule has 3 nitrogen and oxygen atoms in total. The van der Waals surface area contributed by atoms with Gasteiger partial charge >= 0.3 is 0 Å². The molecule has 0 aliphatic carbocycles. The molecule has 1 heterocycles. The summed E-state index contributed by atoms with van der Waals surface area (Å²) in [4.78, 5) is 18.2. The highest BCUT2D eigenvalue weighted by molar-refractivity contribution is 6.38. The van der Waals surface area contributed by atoms with E-state index in [0.29, 0.717) is 21.4 Å². The lowest BCUT2D eigenvalue weighted by Gasteiger charge is -1.92. The second-order valence-electron chi connectivity index (χ2n) is 3.35. The minimum Gasteiger partial charge on any atom is -0.342 e. The molecule has 0 unspecified atom stereocenters. The van der Waals surface area contributed by atoms with E-state index in [2.05, 4.69) is 9.97 Å². The number of hydrogen-bond donors (Lipinski definition) is 1. The largest absolute Gasteiger partial charge is 0.342 e. The fraction of sp³-hybridized carbons (Fsp3) is 0.200. The first-order chi connectivity index (χ1) is 7.06. The molecule has 5 heteroatoms. The molecule has 0 bridgehead atoms. The van der Waals surface area contributed by atoms with Gasteiger partial charge in [-0.2, -0.15) is 0 Å². The molecule has 1 aromatic carbocycles. The Morgan fingerprint density at radius 3 is 2.87 bits per heavy atom. The Morgan fingerprint density at radius 1 is 1.47 bits per heavy atom. The van der Waals surface area contributed by atoms with Gasteiger partial charge in [-0.05, 0) is 19.1 Å². The van der Waals surface area contributed by atoms with Gasteiger partial charge in [0.15, 0.2) is 0 Å². The minimum atomic E-state index is 0.0521. The van der Waals surface area contributed by atoms with Crippen LogP contribution in [-0.4, -0.2) is 15.8 Å². The Labute approximate surface area is 96.4 Å². The highest BCUT2D eigenvalue weighted by Crippen LogP contribution is 2.26. The lowest BCUT2D eigenvalue weighted by Crippen LogP contribution is -1.97. The first kappa shape index (κ1) is 10.5. The van der Waals surface area contributed by atoms with E-state index in [1.54, 1.807) is 12.1 Å². The number of imidazole rings is 1. The quantitative estimate of drug-likeness (QED) is 0.881. The van der Waals surface area contributed by atoms with Crippen LogP contribution in [0.1, 0.15) is 12.7 Å². The molecule has 0 saturated heterocycles. The summed E-state index contributed by atoms with van der Waals surface area (Å²) in [5.74, 6) is 0.665. The number of Topliss-reactive ketones (excluding diaryl/α,β-unsaturated/α-hetero) is 1. The van der Waals surface area contributed by atoms with Gasteiger partial charge < -0.3 is 4.98 Å². The molecule has 0 saturated carbocycles. The van der Waals surface area contributed by atoms with Crippen molar-refractivity contribution in [1.29, 1.82) is 0 Å².